The Balaban J connectivity index is 1.94. The van der Waals surface area contributed by atoms with Crippen molar-refractivity contribution in [3.63, 3.8) is 0 Å². The van der Waals surface area contributed by atoms with Gasteiger partial charge in [0.25, 0.3) is 5.91 Å². The molecule has 2 N–H and O–H groups in total. The van der Waals surface area contributed by atoms with Crippen molar-refractivity contribution in [3.8, 4) is 11.5 Å². The van der Waals surface area contributed by atoms with Gasteiger partial charge in [0.15, 0.2) is 17.6 Å². The van der Waals surface area contributed by atoms with Gasteiger partial charge >= 0.3 is 12.0 Å². The molecule has 160 valence electrons. The van der Waals surface area contributed by atoms with E-state index in [0.29, 0.717) is 12.4 Å². The van der Waals surface area contributed by atoms with Crippen molar-refractivity contribution in [1.29, 1.82) is 0 Å². The maximum Gasteiger partial charge on any atom is 0.339 e. The summed E-state index contributed by atoms with van der Waals surface area (Å²) in [5.41, 5.74) is 0.0987. The molecule has 8 nitrogen and oxygen atoms in total. The van der Waals surface area contributed by atoms with E-state index in [0.717, 1.165) is 32.1 Å². The molecule has 0 bridgehead atoms. The van der Waals surface area contributed by atoms with Crippen molar-refractivity contribution in [2.75, 3.05) is 13.7 Å². The van der Waals surface area contributed by atoms with E-state index < -0.39 is 24.0 Å². The molecule has 0 spiro atoms. The highest BCUT2D eigenvalue weighted by molar-refractivity contribution is 6.32. The van der Waals surface area contributed by atoms with Crippen LogP contribution in [0, 0.1) is 0 Å². The molecule has 0 radical (unpaired) electrons. The van der Waals surface area contributed by atoms with E-state index in [4.69, 9.17) is 25.8 Å². The summed E-state index contributed by atoms with van der Waals surface area (Å²) in [7, 11) is 1.42. The second-order valence-electron chi connectivity index (χ2n) is 6.77. The van der Waals surface area contributed by atoms with Gasteiger partial charge in [0, 0.05) is 6.04 Å². The molecule has 0 aromatic heterocycles. The molecule has 0 heterocycles. The van der Waals surface area contributed by atoms with Crippen molar-refractivity contribution in [3.05, 3.63) is 22.7 Å². The number of ether oxygens (including phenoxy) is 3. The van der Waals surface area contributed by atoms with E-state index >= 15 is 0 Å². The largest absolute Gasteiger partial charge is 0.493 e. The molecule has 0 saturated heterocycles. The summed E-state index contributed by atoms with van der Waals surface area (Å²) >= 11 is 6.15. The van der Waals surface area contributed by atoms with E-state index in [9.17, 15) is 14.4 Å². The predicted octanol–water partition coefficient (Wildman–Crippen LogP) is 3.45. The minimum absolute atomic E-state index is 0.0628. The van der Waals surface area contributed by atoms with Gasteiger partial charge in [-0.25, -0.2) is 9.59 Å². The van der Waals surface area contributed by atoms with Crippen molar-refractivity contribution in [1.82, 2.24) is 10.6 Å². The first-order valence-electron chi connectivity index (χ1n) is 9.68. The molecule has 1 aliphatic rings. The fraction of sp³-hybridized carbons (Fsp3) is 0.550. The average Bonchev–Trinajstić information content (AvgIpc) is 2.69. The van der Waals surface area contributed by atoms with E-state index in [-0.39, 0.29) is 22.4 Å². The molecule has 1 fully saturated rings. The highest BCUT2D eigenvalue weighted by Crippen LogP contribution is 2.36. The zero-order chi connectivity index (χ0) is 21.4. The van der Waals surface area contributed by atoms with Crippen LogP contribution in [-0.2, 0) is 9.53 Å². The Kier molecular flexibility index (Phi) is 8.57. The smallest absolute Gasteiger partial charge is 0.339 e. The number of amides is 3. The van der Waals surface area contributed by atoms with Crippen LogP contribution in [0.3, 0.4) is 0 Å². The molecule has 1 aromatic carbocycles. The lowest BCUT2D eigenvalue weighted by Crippen LogP contribution is -2.48. The summed E-state index contributed by atoms with van der Waals surface area (Å²) in [5, 5.41) is 5.16. The quantitative estimate of drug-likeness (QED) is 0.647. The number of halogens is 1. The Hall–Kier alpha value is -2.48. The van der Waals surface area contributed by atoms with Gasteiger partial charge < -0.3 is 19.5 Å². The van der Waals surface area contributed by atoms with Gasteiger partial charge in [-0.15, -0.1) is 0 Å². The third kappa shape index (κ3) is 6.52. The van der Waals surface area contributed by atoms with E-state index in [2.05, 4.69) is 10.6 Å². The Morgan fingerprint density at radius 1 is 1.21 bits per heavy atom. The Labute approximate surface area is 175 Å². The van der Waals surface area contributed by atoms with Crippen LogP contribution in [0.1, 0.15) is 56.3 Å². The monoisotopic (exact) mass is 426 g/mol. The van der Waals surface area contributed by atoms with Gasteiger partial charge in [0.2, 0.25) is 0 Å². The van der Waals surface area contributed by atoms with Gasteiger partial charge in [-0.05, 0) is 38.8 Å². The van der Waals surface area contributed by atoms with Crippen LogP contribution in [-0.4, -0.2) is 43.8 Å². The van der Waals surface area contributed by atoms with Crippen LogP contribution >= 0.6 is 11.6 Å². The van der Waals surface area contributed by atoms with Crippen LogP contribution < -0.4 is 20.1 Å². The lowest BCUT2D eigenvalue weighted by Gasteiger charge is -2.23. The molecule has 29 heavy (non-hydrogen) atoms. The number of carbonyl (C=O) groups excluding carboxylic acids is 3. The fourth-order valence-electron chi connectivity index (χ4n) is 3.09. The van der Waals surface area contributed by atoms with E-state index in [1.54, 1.807) is 6.92 Å². The number of hydrogen-bond donors (Lipinski definition) is 2. The summed E-state index contributed by atoms with van der Waals surface area (Å²) < 4.78 is 15.8. The molecule has 2 rings (SSSR count). The molecular weight excluding hydrogens is 400 g/mol. The van der Waals surface area contributed by atoms with Crippen molar-refractivity contribution in [2.45, 2.75) is 58.1 Å². The number of rotatable bonds is 7. The number of urea groups is 1. The number of nitrogens with one attached hydrogen (secondary N) is 2. The minimum Gasteiger partial charge on any atom is -0.493 e. The van der Waals surface area contributed by atoms with Gasteiger partial charge in [-0.1, -0.05) is 30.9 Å². The molecule has 1 atom stereocenters. The van der Waals surface area contributed by atoms with Crippen LogP contribution in [0.2, 0.25) is 5.02 Å². The number of hydrogen-bond acceptors (Lipinski definition) is 6. The number of imide groups is 1. The highest BCUT2D eigenvalue weighted by Gasteiger charge is 2.24. The van der Waals surface area contributed by atoms with Gasteiger partial charge in [0.05, 0.1) is 24.3 Å². The van der Waals surface area contributed by atoms with Gasteiger partial charge in [-0.2, -0.15) is 0 Å². The fourth-order valence-corrected chi connectivity index (χ4v) is 3.35. The zero-order valence-electron chi connectivity index (χ0n) is 16.9. The first-order chi connectivity index (χ1) is 13.8. The van der Waals surface area contributed by atoms with Crippen LogP contribution in [0.25, 0.3) is 0 Å². The van der Waals surface area contributed by atoms with Gasteiger partial charge in [-0.3, -0.25) is 10.1 Å². The first kappa shape index (κ1) is 22.8. The SMILES string of the molecule is CCOc1c(Cl)cc(C(=O)O[C@H](C)C(=O)NC(=O)NC2CCCCC2)cc1OC. The third-order valence-electron chi connectivity index (χ3n) is 4.58. The summed E-state index contributed by atoms with van der Waals surface area (Å²) in [6.45, 7) is 3.55. The molecule has 0 unspecified atom stereocenters. The topological polar surface area (TPSA) is 103 Å². The number of benzene rings is 1. The zero-order valence-corrected chi connectivity index (χ0v) is 17.6. The second-order valence-corrected chi connectivity index (χ2v) is 7.17. The molecule has 1 aromatic rings. The maximum atomic E-state index is 12.4. The van der Waals surface area contributed by atoms with E-state index in [1.807, 2.05) is 0 Å². The average molecular weight is 427 g/mol. The lowest BCUT2D eigenvalue weighted by molar-refractivity contribution is -0.127. The van der Waals surface area contributed by atoms with E-state index in [1.165, 1.54) is 26.2 Å². The molecule has 1 aliphatic carbocycles. The molecular formula is C20H27ClN2O6. The number of esters is 1. The number of methoxy groups -OCH3 is 1. The van der Waals surface area contributed by atoms with Gasteiger partial charge in [0.1, 0.15) is 0 Å². The summed E-state index contributed by atoms with van der Waals surface area (Å²) in [4.78, 5) is 36.5. The highest BCUT2D eigenvalue weighted by atomic mass is 35.5. The Bertz CT molecular complexity index is 749. The summed E-state index contributed by atoms with van der Waals surface area (Å²) in [6, 6.07) is 2.26. The molecule has 1 saturated carbocycles. The van der Waals surface area contributed by atoms with Crippen molar-refractivity contribution in [2.24, 2.45) is 0 Å². The Morgan fingerprint density at radius 3 is 2.52 bits per heavy atom. The first-order valence-corrected chi connectivity index (χ1v) is 10.1. The summed E-state index contributed by atoms with van der Waals surface area (Å²) in [6.07, 6.45) is 3.89. The maximum absolute atomic E-state index is 12.4. The predicted molar refractivity (Wildman–Crippen MR) is 108 cm³/mol. The normalized spacial score (nSPS) is 15.2. The molecule has 0 aliphatic heterocycles. The van der Waals surface area contributed by atoms with Crippen molar-refractivity contribution < 1.29 is 28.6 Å². The third-order valence-corrected chi connectivity index (χ3v) is 4.86. The minimum atomic E-state index is -1.17. The van der Waals surface area contributed by atoms with Crippen molar-refractivity contribution >= 4 is 29.5 Å². The lowest BCUT2D eigenvalue weighted by atomic mass is 9.96. The number of carbonyl (C=O) groups is 3. The second kappa shape index (κ2) is 10.9. The molecule has 9 heteroatoms. The summed E-state index contributed by atoms with van der Waals surface area (Å²) in [5.74, 6) is -0.895. The van der Waals surface area contributed by atoms with Crippen LogP contribution in [0.4, 0.5) is 4.79 Å². The molecule has 3 amide bonds. The van der Waals surface area contributed by atoms with Crippen LogP contribution in [0.15, 0.2) is 12.1 Å². The standard InChI is InChI=1S/C20H27ClN2O6/c1-4-28-17-15(21)10-13(11-16(17)27-3)19(25)29-12(2)18(24)23-20(26)22-14-8-6-5-7-9-14/h10-12,14H,4-9H2,1-3H3,(H2,22,23,24,26)/t12-/m1/s1. The van der Waals surface area contributed by atoms with Crippen LogP contribution in [0.5, 0.6) is 11.5 Å². The Morgan fingerprint density at radius 2 is 1.90 bits per heavy atom.